The van der Waals surface area contributed by atoms with Gasteiger partial charge in [-0.05, 0) is 25.2 Å². The minimum Gasteiger partial charge on any atom is -0.478 e. The molecular weight excluding hydrogens is 246 g/mol. The van der Waals surface area contributed by atoms with E-state index in [1.54, 1.807) is 0 Å². The van der Waals surface area contributed by atoms with Gasteiger partial charge in [0.05, 0.1) is 5.56 Å². The molecule has 0 aliphatic rings. The summed E-state index contributed by atoms with van der Waals surface area (Å²) >= 11 is 0. The lowest BCUT2D eigenvalue weighted by Crippen LogP contribution is -2.33. The first-order valence-corrected chi connectivity index (χ1v) is 6.32. The summed E-state index contributed by atoms with van der Waals surface area (Å²) in [6.45, 7) is 8.36. The van der Waals surface area contributed by atoms with Gasteiger partial charge in [0.15, 0.2) is 5.76 Å². The van der Waals surface area contributed by atoms with Crippen molar-refractivity contribution in [1.29, 1.82) is 0 Å². The van der Waals surface area contributed by atoms with Crippen molar-refractivity contribution in [3.8, 4) is 0 Å². The Morgan fingerprint density at radius 3 is 2.53 bits per heavy atom. The molecule has 1 heterocycles. The summed E-state index contributed by atoms with van der Waals surface area (Å²) in [6, 6.07) is 1.25. The van der Waals surface area contributed by atoms with Crippen LogP contribution in [0.25, 0.3) is 0 Å². The number of furan rings is 1. The van der Waals surface area contributed by atoms with Gasteiger partial charge in [0.25, 0.3) is 5.91 Å². The van der Waals surface area contributed by atoms with Crippen LogP contribution in [0.15, 0.2) is 16.7 Å². The van der Waals surface area contributed by atoms with Crippen LogP contribution < -0.4 is 5.32 Å². The lowest BCUT2D eigenvalue weighted by atomic mass is 9.89. The zero-order valence-corrected chi connectivity index (χ0v) is 11.8. The van der Waals surface area contributed by atoms with E-state index in [1.165, 1.54) is 6.07 Å². The number of nitrogens with one attached hydrogen (secondary N) is 1. The molecule has 5 heteroatoms. The third kappa shape index (κ3) is 5.16. The maximum atomic E-state index is 11.8. The number of carbonyl (C=O) groups is 2. The highest BCUT2D eigenvalue weighted by atomic mass is 16.4. The molecule has 1 amide bonds. The Morgan fingerprint density at radius 2 is 2.05 bits per heavy atom. The molecule has 0 spiro atoms. The summed E-state index contributed by atoms with van der Waals surface area (Å²) in [6.07, 6.45) is 2.92. The maximum absolute atomic E-state index is 11.8. The van der Waals surface area contributed by atoms with E-state index in [2.05, 4.69) is 26.1 Å². The zero-order chi connectivity index (χ0) is 14.6. The standard InChI is InChI=1S/C14H21NO4/c1-9(5-6-14(2,3)4)15-12(16)11-7-10(8-19-11)13(17)18/h7-9H,5-6H2,1-4H3,(H,15,16)(H,17,18). The normalized spacial score (nSPS) is 13.1. The van der Waals surface area contributed by atoms with Gasteiger partial charge < -0.3 is 14.8 Å². The number of carboxylic acid groups (broad SMARTS) is 1. The molecule has 0 saturated heterocycles. The Labute approximate surface area is 113 Å². The second kappa shape index (κ2) is 5.91. The highest BCUT2D eigenvalue weighted by Gasteiger charge is 2.18. The monoisotopic (exact) mass is 267 g/mol. The van der Waals surface area contributed by atoms with Crippen molar-refractivity contribution in [3.63, 3.8) is 0 Å². The molecule has 0 fully saturated rings. The number of hydrogen-bond acceptors (Lipinski definition) is 3. The molecule has 19 heavy (non-hydrogen) atoms. The molecule has 1 aromatic heterocycles. The second-order valence-corrected chi connectivity index (χ2v) is 5.98. The summed E-state index contributed by atoms with van der Waals surface area (Å²) in [5.41, 5.74) is 0.202. The van der Waals surface area contributed by atoms with E-state index in [0.29, 0.717) is 0 Å². The Morgan fingerprint density at radius 1 is 1.42 bits per heavy atom. The maximum Gasteiger partial charge on any atom is 0.338 e. The molecule has 0 saturated carbocycles. The Bertz CT molecular complexity index is 456. The quantitative estimate of drug-likeness (QED) is 0.859. The van der Waals surface area contributed by atoms with E-state index < -0.39 is 5.97 Å². The molecule has 0 aliphatic carbocycles. The van der Waals surface area contributed by atoms with Gasteiger partial charge in [0, 0.05) is 12.1 Å². The van der Waals surface area contributed by atoms with Crippen LogP contribution in [-0.4, -0.2) is 23.0 Å². The fourth-order valence-corrected chi connectivity index (χ4v) is 1.58. The molecule has 0 bridgehead atoms. The van der Waals surface area contributed by atoms with E-state index in [-0.39, 0.29) is 28.7 Å². The molecule has 0 radical (unpaired) electrons. The highest BCUT2D eigenvalue weighted by Crippen LogP contribution is 2.21. The summed E-state index contributed by atoms with van der Waals surface area (Å²) in [4.78, 5) is 22.5. The van der Waals surface area contributed by atoms with Gasteiger partial charge in [0.2, 0.25) is 0 Å². The predicted octanol–water partition coefficient (Wildman–Crippen LogP) is 2.92. The van der Waals surface area contributed by atoms with Crippen LogP contribution >= 0.6 is 0 Å². The SMILES string of the molecule is CC(CCC(C)(C)C)NC(=O)c1cc(C(=O)O)co1. The molecule has 1 atom stereocenters. The Hall–Kier alpha value is -1.78. The van der Waals surface area contributed by atoms with Crippen molar-refractivity contribution in [2.24, 2.45) is 5.41 Å². The van der Waals surface area contributed by atoms with Gasteiger partial charge in [-0.2, -0.15) is 0 Å². The molecule has 1 aromatic rings. The molecule has 0 aliphatic heterocycles. The number of amides is 1. The minimum atomic E-state index is -1.11. The Balaban J connectivity index is 2.52. The first kappa shape index (κ1) is 15.3. The van der Waals surface area contributed by atoms with E-state index >= 15 is 0 Å². The van der Waals surface area contributed by atoms with Gasteiger partial charge in [-0.3, -0.25) is 4.79 Å². The van der Waals surface area contributed by atoms with Gasteiger partial charge in [-0.25, -0.2) is 4.79 Å². The van der Waals surface area contributed by atoms with Crippen LogP contribution in [0, 0.1) is 5.41 Å². The summed E-state index contributed by atoms with van der Waals surface area (Å²) < 4.78 is 4.94. The lowest BCUT2D eigenvalue weighted by Gasteiger charge is -2.21. The van der Waals surface area contributed by atoms with E-state index in [0.717, 1.165) is 19.1 Å². The van der Waals surface area contributed by atoms with E-state index in [9.17, 15) is 9.59 Å². The first-order valence-electron chi connectivity index (χ1n) is 6.32. The largest absolute Gasteiger partial charge is 0.478 e. The average Bonchev–Trinajstić information content (AvgIpc) is 2.74. The van der Waals surface area contributed by atoms with Crippen molar-refractivity contribution in [2.75, 3.05) is 0 Å². The fraction of sp³-hybridized carbons (Fsp3) is 0.571. The van der Waals surface area contributed by atoms with Crippen LogP contribution in [-0.2, 0) is 0 Å². The third-order valence-corrected chi connectivity index (χ3v) is 2.78. The third-order valence-electron chi connectivity index (χ3n) is 2.78. The topological polar surface area (TPSA) is 79.5 Å². The molecule has 106 valence electrons. The number of carboxylic acids is 1. The number of hydrogen-bond donors (Lipinski definition) is 2. The van der Waals surface area contributed by atoms with Crippen molar-refractivity contribution >= 4 is 11.9 Å². The minimum absolute atomic E-state index is 0.0186. The average molecular weight is 267 g/mol. The molecular formula is C14H21NO4. The van der Waals surface area contributed by atoms with Crippen molar-refractivity contribution < 1.29 is 19.1 Å². The van der Waals surface area contributed by atoms with Gasteiger partial charge in [0.1, 0.15) is 6.26 Å². The molecule has 2 N–H and O–H groups in total. The lowest BCUT2D eigenvalue weighted by molar-refractivity contribution is 0.0695. The van der Waals surface area contributed by atoms with Crippen LogP contribution in [0.5, 0.6) is 0 Å². The molecule has 0 aromatic carbocycles. The zero-order valence-electron chi connectivity index (χ0n) is 11.8. The first-order chi connectivity index (χ1) is 8.69. The van der Waals surface area contributed by atoms with Gasteiger partial charge in [-0.1, -0.05) is 20.8 Å². The van der Waals surface area contributed by atoms with Gasteiger partial charge in [-0.15, -0.1) is 0 Å². The smallest absolute Gasteiger partial charge is 0.338 e. The summed E-state index contributed by atoms with van der Waals surface area (Å²) in [5.74, 6) is -1.46. The molecule has 5 nitrogen and oxygen atoms in total. The molecule has 1 unspecified atom stereocenters. The molecule has 1 rings (SSSR count). The predicted molar refractivity (Wildman–Crippen MR) is 71.3 cm³/mol. The summed E-state index contributed by atoms with van der Waals surface area (Å²) in [7, 11) is 0. The van der Waals surface area contributed by atoms with Gasteiger partial charge >= 0.3 is 5.97 Å². The van der Waals surface area contributed by atoms with E-state index in [1.807, 2.05) is 6.92 Å². The van der Waals surface area contributed by atoms with Crippen LogP contribution in [0.3, 0.4) is 0 Å². The fourth-order valence-electron chi connectivity index (χ4n) is 1.58. The van der Waals surface area contributed by atoms with Crippen molar-refractivity contribution in [2.45, 2.75) is 46.6 Å². The van der Waals surface area contributed by atoms with Crippen molar-refractivity contribution in [3.05, 3.63) is 23.7 Å². The Kier molecular flexibility index (Phi) is 4.75. The number of rotatable bonds is 5. The van der Waals surface area contributed by atoms with Crippen LogP contribution in [0.1, 0.15) is 61.4 Å². The van der Waals surface area contributed by atoms with Crippen LogP contribution in [0.4, 0.5) is 0 Å². The number of aromatic carboxylic acids is 1. The van der Waals surface area contributed by atoms with E-state index in [4.69, 9.17) is 9.52 Å². The van der Waals surface area contributed by atoms with Crippen LogP contribution in [0.2, 0.25) is 0 Å². The highest BCUT2D eigenvalue weighted by molar-refractivity contribution is 5.95. The number of carbonyl (C=O) groups excluding carboxylic acids is 1. The summed E-state index contributed by atoms with van der Waals surface area (Å²) in [5, 5.41) is 11.5. The van der Waals surface area contributed by atoms with Crippen molar-refractivity contribution in [1.82, 2.24) is 5.32 Å². The second-order valence-electron chi connectivity index (χ2n) is 5.98.